The zero-order chi connectivity index (χ0) is 14.8. The van der Waals surface area contributed by atoms with Crippen LogP contribution in [0.25, 0.3) is 0 Å². The summed E-state index contributed by atoms with van der Waals surface area (Å²) in [5.41, 5.74) is 2.78. The van der Waals surface area contributed by atoms with Crippen molar-refractivity contribution in [2.24, 2.45) is 21.1 Å². The second-order valence-corrected chi connectivity index (χ2v) is 5.19. The van der Waals surface area contributed by atoms with Gasteiger partial charge in [0.1, 0.15) is 0 Å². The summed E-state index contributed by atoms with van der Waals surface area (Å²) in [4.78, 5) is 0. The van der Waals surface area contributed by atoms with Gasteiger partial charge in [-0.15, -0.1) is 15.3 Å². The van der Waals surface area contributed by atoms with Gasteiger partial charge in [-0.3, -0.25) is 14.0 Å². The zero-order valence-corrected chi connectivity index (χ0v) is 12.2. The van der Waals surface area contributed by atoms with Gasteiger partial charge in [-0.05, 0) is 0 Å². The van der Waals surface area contributed by atoms with E-state index in [1.165, 1.54) is 0 Å². The van der Waals surface area contributed by atoms with Crippen LogP contribution in [0.1, 0.15) is 23.0 Å². The summed E-state index contributed by atoms with van der Waals surface area (Å²) in [6, 6.07) is 0. The highest BCUT2D eigenvalue weighted by Crippen LogP contribution is 2.21. The Hall–Kier alpha value is -2.58. The molecule has 0 aliphatic rings. The van der Waals surface area contributed by atoms with Gasteiger partial charge in [0, 0.05) is 58.5 Å². The first-order valence-corrected chi connectivity index (χ1v) is 6.67. The lowest BCUT2D eigenvalue weighted by Gasteiger charge is -2.10. The Morgan fingerprint density at radius 1 is 0.762 bits per heavy atom. The monoisotopic (exact) mass is 287 g/mol. The van der Waals surface area contributed by atoms with Crippen LogP contribution in [-0.2, 0) is 34.0 Å². The SMILES string of the molecule is Cn1cc(CC(Cc2cn(C)nn2)c2cn(C)nn2)nn1. The number of hydrogen-bond donors (Lipinski definition) is 0. The predicted octanol–water partition coefficient (Wildman–Crippen LogP) is -0.359. The van der Waals surface area contributed by atoms with E-state index in [1.807, 2.05) is 39.7 Å². The number of rotatable bonds is 5. The minimum atomic E-state index is 0.145. The molecule has 9 heteroatoms. The maximum absolute atomic E-state index is 4.23. The third-order valence-electron chi connectivity index (χ3n) is 3.25. The van der Waals surface area contributed by atoms with Crippen molar-refractivity contribution in [1.29, 1.82) is 0 Å². The average molecular weight is 287 g/mol. The van der Waals surface area contributed by atoms with Gasteiger partial charge in [0.25, 0.3) is 0 Å². The highest BCUT2D eigenvalue weighted by Gasteiger charge is 2.19. The van der Waals surface area contributed by atoms with E-state index in [9.17, 15) is 0 Å². The normalized spacial score (nSPS) is 11.4. The van der Waals surface area contributed by atoms with E-state index in [-0.39, 0.29) is 5.92 Å². The lowest BCUT2D eigenvalue weighted by Crippen LogP contribution is -2.08. The molecule has 3 aromatic rings. The van der Waals surface area contributed by atoms with E-state index >= 15 is 0 Å². The fraction of sp³-hybridized carbons (Fsp3) is 0.500. The zero-order valence-electron chi connectivity index (χ0n) is 12.2. The Kier molecular flexibility index (Phi) is 3.46. The molecule has 0 saturated heterocycles. The van der Waals surface area contributed by atoms with E-state index in [0.717, 1.165) is 29.9 Å². The van der Waals surface area contributed by atoms with Crippen molar-refractivity contribution in [3.05, 3.63) is 35.7 Å². The number of hydrogen-bond acceptors (Lipinski definition) is 6. The van der Waals surface area contributed by atoms with Crippen molar-refractivity contribution < 1.29 is 0 Å². The minimum Gasteiger partial charge on any atom is -0.255 e. The van der Waals surface area contributed by atoms with Crippen LogP contribution in [0.5, 0.6) is 0 Å². The lowest BCUT2D eigenvalue weighted by molar-refractivity contribution is 0.630. The molecule has 110 valence electrons. The minimum absolute atomic E-state index is 0.145. The van der Waals surface area contributed by atoms with Crippen molar-refractivity contribution in [3.8, 4) is 0 Å². The van der Waals surface area contributed by atoms with Gasteiger partial charge in [0.05, 0.1) is 17.1 Å². The quantitative estimate of drug-likeness (QED) is 0.636. The van der Waals surface area contributed by atoms with Crippen LogP contribution in [0.4, 0.5) is 0 Å². The van der Waals surface area contributed by atoms with Gasteiger partial charge in [-0.2, -0.15) is 0 Å². The topological polar surface area (TPSA) is 92.1 Å². The van der Waals surface area contributed by atoms with Crippen LogP contribution in [0.3, 0.4) is 0 Å². The summed E-state index contributed by atoms with van der Waals surface area (Å²) in [7, 11) is 5.57. The van der Waals surface area contributed by atoms with E-state index in [4.69, 9.17) is 0 Å². The summed E-state index contributed by atoms with van der Waals surface area (Å²) in [5, 5.41) is 24.5. The fourth-order valence-electron chi connectivity index (χ4n) is 2.32. The first kappa shape index (κ1) is 13.4. The molecule has 0 aromatic carbocycles. The molecule has 0 saturated carbocycles. The van der Waals surface area contributed by atoms with E-state index < -0.39 is 0 Å². The molecule has 21 heavy (non-hydrogen) atoms. The van der Waals surface area contributed by atoms with E-state index in [1.54, 1.807) is 14.0 Å². The molecule has 3 rings (SSSR count). The molecule has 0 aliphatic heterocycles. The Morgan fingerprint density at radius 3 is 1.62 bits per heavy atom. The van der Waals surface area contributed by atoms with Crippen LogP contribution in [0.15, 0.2) is 18.6 Å². The molecule has 3 aromatic heterocycles. The average Bonchev–Trinajstić information content (AvgIpc) is 3.12. The molecule has 0 unspecified atom stereocenters. The molecule has 9 nitrogen and oxygen atoms in total. The molecule has 0 radical (unpaired) electrons. The fourth-order valence-corrected chi connectivity index (χ4v) is 2.32. The van der Waals surface area contributed by atoms with Gasteiger partial charge < -0.3 is 0 Å². The smallest absolute Gasteiger partial charge is 0.0865 e. The molecule has 0 spiro atoms. The number of aryl methyl sites for hydroxylation is 3. The van der Waals surface area contributed by atoms with Crippen molar-refractivity contribution in [2.75, 3.05) is 0 Å². The summed E-state index contributed by atoms with van der Waals surface area (Å²) >= 11 is 0. The number of nitrogens with zero attached hydrogens (tertiary/aromatic N) is 9. The first-order chi connectivity index (χ1) is 10.1. The van der Waals surface area contributed by atoms with E-state index in [0.29, 0.717) is 0 Å². The van der Waals surface area contributed by atoms with Crippen molar-refractivity contribution in [1.82, 2.24) is 45.0 Å². The molecule has 0 fully saturated rings. The van der Waals surface area contributed by atoms with Crippen molar-refractivity contribution >= 4 is 0 Å². The van der Waals surface area contributed by atoms with Crippen molar-refractivity contribution in [2.45, 2.75) is 18.8 Å². The molecular weight excluding hydrogens is 270 g/mol. The molecular formula is C12H17N9. The molecule has 0 atom stereocenters. The maximum Gasteiger partial charge on any atom is 0.0865 e. The predicted molar refractivity (Wildman–Crippen MR) is 73.2 cm³/mol. The highest BCUT2D eigenvalue weighted by molar-refractivity contribution is 5.12. The van der Waals surface area contributed by atoms with Gasteiger partial charge in [0.15, 0.2) is 0 Å². The molecule has 0 bridgehead atoms. The Bertz CT molecular complexity index is 680. The second kappa shape index (κ2) is 5.43. The van der Waals surface area contributed by atoms with Crippen LogP contribution < -0.4 is 0 Å². The summed E-state index contributed by atoms with van der Waals surface area (Å²) in [5.74, 6) is 0.145. The van der Waals surface area contributed by atoms with Crippen LogP contribution in [-0.4, -0.2) is 45.0 Å². The number of aromatic nitrogens is 9. The summed E-state index contributed by atoms with van der Waals surface area (Å²) < 4.78 is 5.10. The summed E-state index contributed by atoms with van der Waals surface area (Å²) in [6.07, 6.45) is 7.24. The Balaban J connectivity index is 1.83. The largest absolute Gasteiger partial charge is 0.255 e. The first-order valence-electron chi connectivity index (χ1n) is 6.67. The van der Waals surface area contributed by atoms with Crippen LogP contribution in [0, 0.1) is 0 Å². The summed E-state index contributed by atoms with van der Waals surface area (Å²) in [6.45, 7) is 0. The maximum atomic E-state index is 4.23. The van der Waals surface area contributed by atoms with Gasteiger partial charge >= 0.3 is 0 Å². The lowest BCUT2D eigenvalue weighted by atomic mass is 9.95. The van der Waals surface area contributed by atoms with Gasteiger partial charge in [-0.1, -0.05) is 15.6 Å². The van der Waals surface area contributed by atoms with Crippen molar-refractivity contribution in [3.63, 3.8) is 0 Å². The Labute approximate surface area is 121 Å². The van der Waals surface area contributed by atoms with Crippen LogP contribution in [0.2, 0.25) is 0 Å². The van der Waals surface area contributed by atoms with Crippen LogP contribution >= 0.6 is 0 Å². The standard InChI is InChI=1S/C12H17N9/c1-19-6-10(13-16-19)4-9(12-8-21(3)18-15-12)5-11-7-20(2)17-14-11/h6-9H,4-5H2,1-3H3. The van der Waals surface area contributed by atoms with E-state index in [2.05, 4.69) is 30.9 Å². The molecule has 3 heterocycles. The molecule has 0 N–H and O–H groups in total. The van der Waals surface area contributed by atoms with Gasteiger partial charge in [-0.25, -0.2) is 0 Å². The second-order valence-electron chi connectivity index (χ2n) is 5.19. The third kappa shape index (κ3) is 3.12. The van der Waals surface area contributed by atoms with Gasteiger partial charge in [0.2, 0.25) is 0 Å². The third-order valence-corrected chi connectivity index (χ3v) is 3.25. The Morgan fingerprint density at radius 2 is 1.24 bits per heavy atom. The molecule has 0 amide bonds. The molecule has 0 aliphatic carbocycles. The highest BCUT2D eigenvalue weighted by atomic mass is 15.4.